The van der Waals surface area contributed by atoms with Gasteiger partial charge in [-0.15, -0.1) is 0 Å². The summed E-state index contributed by atoms with van der Waals surface area (Å²) in [5.41, 5.74) is 9.29. The number of nitrogen functional groups attached to an aromatic ring is 1. The van der Waals surface area contributed by atoms with Crippen LogP contribution in [0.2, 0.25) is 0 Å². The Morgan fingerprint density at radius 1 is 1.20 bits per heavy atom. The van der Waals surface area contributed by atoms with Gasteiger partial charge in [-0.3, -0.25) is 14.7 Å². The van der Waals surface area contributed by atoms with Gasteiger partial charge in [-0.25, -0.2) is 9.07 Å². The van der Waals surface area contributed by atoms with Crippen LogP contribution in [0.1, 0.15) is 55.4 Å². The molecule has 3 aromatic rings. The molecule has 9 nitrogen and oxygen atoms in total. The first kappa shape index (κ1) is 25.7. The lowest BCUT2D eigenvalue weighted by Gasteiger charge is -2.25. The molecule has 2 aromatic heterocycles. The molecule has 0 aliphatic heterocycles. The quantitative estimate of drug-likeness (QED) is 0.370. The molecule has 0 unspecified atom stereocenters. The molecular formula is C22H25F4N7O2. The van der Waals surface area contributed by atoms with Crippen LogP contribution in [0, 0.1) is 5.82 Å². The van der Waals surface area contributed by atoms with Crippen molar-refractivity contribution in [3.8, 4) is 11.3 Å². The van der Waals surface area contributed by atoms with E-state index in [-0.39, 0.29) is 45.8 Å². The highest BCUT2D eigenvalue weighted by Gasteiger charge is 2.49. The van der Waals surface area contributed by atoms with E-state index < -0.39 is 35.6 Å². The fraction of sp³-hybridized carbons (Fsp3) is 0.364. The molecule has 13 heteroatoms. The maximum atomic E-state index is 14.8. The number of nitrogens with one attached hydrogen (secondary N) is 2. The summed E-state index contributed by atoms with van der Waals surface area (Å²) in [6, 6.07) is 4.79. The molecule has 0 fully saturated rings. The number of primary amides is 1. The number of amides is 2. The minimum atomic E-state index is -4.53. The second kappa shape index (κ2) is 9.04. The number of nitrogens with two attached hydrogens (primary N) is 2. The van der Waals surface area contributed by atoms with Crippen LogP contribution in [-0.4, -0.2) is 38.0 Å². The topological polar surface area (TPSA) is 145 Å². The fourth-order valence-electron chi connectivity index (χ4n) is 3.34. The molecule has 2 amide bonds. The monoisotopic (exact) mass is 495 g/mol. The van der Waals surface area contributed by atoms with Crippen molar-refractivity contribution in [2.24, 2.45) is 5.73 Å². The molecule has 0 atom stereocenters. The molecule has 0 saturated carbocycles. The lowest BCUT2D eigenvalue weighted by atomic mass is 9.89. The molecule has 0 saturated heterocycles. The van der Waals surface area contributed by atoms with E-state index in [1.165, 1.54) is 16.8 Å². The molecule has 0 radical (unpaired) electrons. The van der Waals surface area contributed by atoms with E-state index in [2.05, 4.69) is 20.6 Å². The zero-order chi connectivity index (χ0) is 26.3. The van der Waals surface area contributed by atoms with Crippen LogP contribution in [-0.2, 0) is 16.6 Å². The van der Waals surface area contributed by atoms with Crippen molar-refractivity contribution >= 4 is 23.5 Å². The van der Waals surface area contributed by atoms with E-state index in [1.54, 1.807) is 13.8 Å². The van der Waals surface area contributed by atoms with Crippen molar-refractivity contribution < 1.29 is 27.2 Å². The van der Waals surface area contributed by atoms with Gasteiger partial charge >= 0.3 is 6.18 Å². The average molecular weight is 495 g/mol. The number of benzene rings is 1. The van der Waals surface area contributed by atoms with Gasteiger partial charge in [-0.2, -0.15) is 23.4 Å². The van der Waals surface area contributed by atoms with Gasteiger partial charge in [0.2, 0.25) is 5.91 Å². The Kier molecular flexibility index (Phi) is 6.64. The summed E-state index contributed by atoms with van der Waals surface area (Å²) in [6.07, 6.45) is -4.95. The summed E-state index contributed by atoms with van der Waals surface area (Å²) in [7, 11) is 0. The van der Waals surface area contributed by atoms with Gasteiger partial charge in [0.1, 0.15) is 28.3 Å². The zero-order valence-corrected chi connectivity index (χ0v) is 19.4. The Labute approximate surface area is 197 Å². The van der Waals surface area contributed by atoms with Crippen molar-refractivity contribution in [1.82, 2.24) is 20.0 Å². The summed E-state index contributed by atoms with van der Waals surface area (Å²) in [6.45, 7) is 5.55. The van der Waals surface area contributed by atoms with Crippen LogP contribution in [0.15, 0.2) is 24.3 Å². The number of aromatic nitrogens is 4. The largest absolute Gasteiger partial charge is 0.399 e. The molecule has 3 rings (SSSR count). The third-order valence-corrected chi connectivity index (χ3v) is 5.59. The number of carbonyl (C=O) groups is 2. The number of rotatable bonds is 7. The Hall–Kier alpha value is -3.90. The summed E-state index contributed by atoms with van der Waals surface area (Å²) < 4.78 is 55.8. The molecule has 0 spiro atoms. The van der Waals surface area contributed by atoms with Gasteiger partial charge in [0.25, 0.3) is 5.91 Å². The molecule has 0 aliphatic rings. The average Bonchev–Trinajstić information content (AvgIpc) is 3.33. The van der Waals surface area contributed by atoms with Crippen molar-refractivity contribution in [2.45, 2.75) is 51.7 Å². The van der Waals surface area contributed by atoms with Gasteiger partial charge in [0.15, 0.2) is 5.82 Å². The van der Waals surface area contributed by atoms with Crippen molar-refractivity contribution in [1.29, 1.82) is 0 Å². The summed E-state index contributed by atoms with van der Waals surface area (Å²) >= 11 is 0. The van der Waals surface area contributed by atoms with Crippen LogP contribution in [0.25, 0.3) is 11.3 Å². The number of halogens is 4. The molecule has 188 valence electrons. The number of anilines is 2. The minimum absolute atomic E-state index is 0.00881. The van der Waals surface area contributed by atoms with E-state index in [9.17, 15) is 27.2 Å². The predicted octanol–water partition coefficient (Wildman–Crippen LogP) is 3.70. The lowest BCUT2D eigenvalue weighted by Crippen LogP contribution is -2.36. The molecule has 35 heavy (non-hydrogen) atoms. The maximum absolute atomic E-state index is 14.8. The molecule has 1 aromatic carbocycles. The minimum Gasteiger partial charge on any atom is -0.383 e. The van der Waals surface area contributed by atoms with E-state index in [4.69, 9.17) is 11.5 Å². The Morgan fingerprint density at radius 3 is 2.40 bits per heavy atom. The highest BCUT2D eigenvalue weighted by molar-refractivity contribution is 6.03. The van der Waals surface area contributed by atoms with Crippen LogP contribution in [0.5, 0.6) is 0 Å². The molecule has 6 N–H and O–H groups in total. The predicted molar refractivity (Wildman–Crippen MR) is 121 cm³/mol. The van der Waals surface area contributed by atoms with Crippen molar-refractivity contribution in [3.05, 3.63) is 46.9 Å². The molecule has 0 bridgehead atoms. The highest BCUT2D eigenvalue weighted by atomic mass is 19.4. The Morgan fingerprint density at radius 2 is 1.86 bits per heavy atom. The number of nitrogens with zero attached hydrogens (tertiary/aromatic N) is 3. The first-order valence-electron chi connectivity index (χ1n) is 10.5. The molecule has 0 aliphatic carbocycles. The standard InChI is InChI=1S/C22H25F4N7O2/c1-10(2)33-19(27)17(20(28)35)18(32-33)12-6-5-11(13(23)7-12)8-16(34)29-15-9-14(30-31-15)21(3,4)22(24,25)26/h5-7,9-10H,8,27H2,1-4H3,(H2,28,35)(H2,29,30,31,34). The van der Waals surface area contributed by atoms with E-state index >= 15 is 0 Å². The summed E-state index contributed by atoms with van der Waals surface area (Å²) in [5.74, 6) is -2.34. The first-order chi connectivity index (χ1) is 16.1. The second-order valence-electron chi connectivity index (χ2n) is 8.83. The van der Waals surface area contributed by atoms with Crippen LogP contribution in [0.3, 0.4) is 0 Å². The number of hydrogen-bond donors (Lipinski definition) is 4. The van der Waals surface area contributed by atoms with Gasteiger partial charge in [-0.1, -0.05) is 12.1 Å². The SMILES string of the molecule is CC(C)n1nc(-c2ccc(CC(=O)Nc3cc(C(C)(C)C(F)(F)F)[nH]n3)c(F)c2)c(C(N)=O)c1N. The van der Waals surface area contributed by atoms with E-state index in [1.807, 2.05) is 0 Å². The number of hydrogen-bond acceptors (Lipinski definition) is 5. The lowest BCUT2D eigenvalue weighted by molar-refractivity contribution is -0.181. The van der Waals surface area contributed by atoms with Crippen LogP contribution in [0.4, 0.5) is 29.2 Å². The van der Waals surface area contributed by atoms with Crippen molar-refractivity contribution in [2.75, 3.05) is 11.1 Å². The van der Waals surface area contributed by atoms with E-state index in [0.717, 1.165) is 26.0 Å². The van der Waals surface area contributed by atoms with Gasteiger partial charge in [-0.05, 0) is 39.3 Å². The highest BCUT2D eigenvalue weighted by Crippen LogP contribution is 2.40. The normalized spacial score (nSPS) is 12.3. The zero-order valence-electron chi connectivity index (χ0n) is 19.4. The van der Waals surface area contributed by atoms with Gasteiger partial charge in [0, 0.05) is 17.7 Å². The van der Waals surface area contributed by atoms with Crippen LogP contribution >= 0.6 is 0 Å². The summed E-state index contributed by atoms with van der Waals surface area (Å²) in [5, 5.41) is 12.6. The Balaban J connectivity index is 1.80. The van der Waals surface area contributed by atoms with Gasteiger partial charge in [0.05, 0.1) is 12.1 Å². The molecule has 2 heterocycles. The van der Waals surface area contributed by atoms with Crippen molar-refractivity contribution in [3.63, 3.8) is 0 Å². The van der Waals surface area contributed by atoms with Gasteiger partial charge < -0.3 is 16.8 Å². The van der Waals surface area contributed by atoms with Crippen LogP contribution < -0.4 is 16.8 Å². The second-order valence-corrected chi connectivity index (χ2v) is 8.83. The summed E-state index contributed by atoms with van der Waals surface area (Å²) in [4.78, 5) is 24.3. The first-order valence-corrected chi connectivity index (χ1v) is 10.5. The third-order valence-electron chi connectivity index (χ3n) is 5.59. The van der Waals surface area contributed by atoms with E-state index in [0.29, 0.717) is 0 Å². The smallest absolute Gasteiger partial charge is 0.383 e. The number of carbonyl (C=O) groups excluding carboxylic acids is 2. The number of H-pyrrole nitrogens is 1. The third kappa shape index (κ3) is 4.98. The maximum Gasteiger partial charge on any atom is 0.399 e. The number of aromatic amines is 1. The Bertz CT molecular complexity index is 1280. The fourth-order valence-corrected chi connectivity index (χ4v) is 3.34. The molecular weight excluding hydrogens is 470 g/mol. The number of alkyl halides is 3.